The maximum atomic E-state index is 5.74. The van der Waals surface area contributed by atoms with Crippen LogP contribution in [0.5, 0.6) is 5.75 Å². The highest BCUT2D eigenvalue weighted by Gasteiger charge is 2.14. The number of hydrogen-bond donors (Lipinski definition) is 1. The second kappa shape index (κ2) is 7.79. The van der Waals surface area contributed by atoms with E-state index >= 15 is 0 Å². The molecule has 1 atom stereocenters. The minimum atomic E-state index is 0.146. The number of ether oxygens (including phenoxy) is 1. The molecule has 0 spiro atoms. The monoisotopic (exact) mass is 284 g/mol. The van der Waals surface area contributed by atoms with Crippen LogP contribution in [0.25, 0.3) is 0 Å². The molecular formula is C18H24N2O. The molecule has 1 aromatic heterocycles. The lowest BCUT2D eigenvalue weighted by Gasteiger charge is -2.20. The maximum absolute atomic E-state index is 5.74. The van der Waals surface area contributed by atoms with Gasteiger partial charge in [0.15, 0.2) is 0 Å². The zero-order valence-corrected chi connectivity index (χ0v) is 13.1. The number of nitrogens with one attached hydrogen (secondary N) is 1. The number of hydrogen-bond acceptors (Lipinski definition) is 3. The Bertz CT molecular complexity index is 569. The lowest BCUT2D eigenvalue weighted by Crippen LogP contribution is -2.22. The molecule has 0 aliphatic rings. The van der Waals surface area contributed by atoms with Crippen LogP contribution in [0.1, 0.15) is 43.0 Å². The number of aryl methyl sites for hydroxylation is 1. The fraction of sp³-hybridized carbons (Fsp3) is 0.389. The summed E-state index contributed by atoms with van der Waals surface area (Å²) in [7, 11) is 0. The molecule has 1 unspecified atom stereocenters. The molecule has 0 amide bonds. The van der Waals surface area contributed by atoms with Crippen molar-refractivity contribution in [2.75, 3.05) is 13.2 Å². The van der Waals surface area contributed by atoms with E-state index in [2.05, 4.69) is 49.3 Å². The topological polar surface area (TPSA) is 34.1 Å². The van der Waals surface area contributed by atoms with Crippen LogP contribution in [0.15, 0.2) is 42.7 Å². The molecule has 0 saturated carbocycles. The quantitative estimate of drug-likeness (QED) is 0.838. The largest absolute Gasteiger partial charge is 0.494 e. The van der Waals surface area contributed by atoms with Gasteiger partial charge >= 0.3 is 0 Å². The van der Waals surface area contributed by atoms with Crippen LogP contribution in [-0.2, 0) is 0 Å². The van der Waals surface area contributed by atoms with E-state index in [0.29, 0.717) is 0 Å². The van der Waals surface area contributed by atoms with Crippen molar-refractivity contribution >= 4 is 0 Å². The second-order valence-electron chi connectivity index (χ2n) is 5.21. The molecule has 2 rings (SSSR count). The Morgan fingerprint density at radius 1 is 1.14 bits per heavy atom. The second-order valence-corrected chi connectivity index (χ2v) is 5.21. The van der Waals surface area contributed by atoms with Gasteiger partial charge in [-0.25, -0.2) is 0 Å². The lowest BCUT2D eigenvalue weighted by molar-refractivity contribution is 0.317. The molecule has 21 heavy (non-hydrogen) atoms. The number of pyridine rings is 1. The lowest BCUT2D eigenvalue weighted by atomic mass is 9.99. The first-order valence-electron chi connectivity index (χ1n) is 7.62. The maximum Gasteiger partial charge on any atom is 0.119 e. The standard InChI is InChI=1S/C18H24N2O/c1-4-9-21-17-8-6-7-15(11-17)18(20-5-2)16-10-14(3)12-19-13-16/h6-8,10-13,18,20H,4-5,9H2,1-3H3. The van der Waals surface area contributed by atoms with Gasteiger partial charge in [0.25, 0.3) is 0 Å². The molecule has 0 saturated heterocycles. The smallest absolute Gasteiger partial charge is 0.119 e. The van der Waals surface area contributed by atoms with Gasteiger partial charge in [0.1, 0.15) is 5.75 Å². The van der Waals surface area contributed by atoms with Gasteiger partial charge in [0.2, 0.25) is 0 Å². The Balaban J connectivity index is 2.29. The zero-order valence-electron chi connectivity index (χ0n) is 13.1. The molecule has 1 heterocycles. The third-order valence-electron chi connectivity index (χ3n) is 3.30. The van der Waals surface area contributed by atoms with Crippen molar-refractivity contribution in [1.29, 1.82) is 0 Å². The SMILES string of the molecule is CCCOc1cccc(C(NCC)c2cncc(C)c2)c1. The number of aromatic nitrogens is 1. The summed E-state index contributed by atoms with van der Waals surface area (Å²) in [5, 5.41) is 3.53. The molecule has 0 radical (unpaired) electrons. The van der Waals surface area contributed by atoms with Gasteiger partial charge in [0, 0.05) is 12.4 Å². The molecule has 0 aliphatic carbocycles. The number of benzene rings is 1. The Kier molecular flexibility index (Phi) is 5.76. The van der Waals surface area contributed by atoms with Gasteiger partial charge in [-0.2, -0.15) is 0 Å². The Morgan fingerprint density at radius 3 is 2.71 bits per heavy atom. The summed E-state index contributed by atoms with van der Waals surface area (Å²) >= 11 is 0. The zero-order chi connectivity index (χ0) is 15.1. The van der Waals surface area contributed by atoms with Crippen LogP contribution in [0.3, 0.4) is 0 Å². The van der Waals surface area contributed by atoms with Crippen LogP contribution in [0.2, 0.25) is 0 Å². The van der Waals surface area contributed by atoms with E-state index in [1.54, 1.807) is 0 Å². The van der Waals surface area contributed by atoms with E-state index in [1.807, 2.05) is 24.5 Å². The van der Waals surface area contributed by atoms with E-state index in [-0.39, 0.29) is 6.04 Å². The van der Waals surface area contributed by atoms with Gasteiger partial charge in [-0.1, -0.05) is 32.0 Å². The van der Waals surface area contributed by atoms with Crippen molar-refractivity contribution < 1.29 is 4.74 Å². The minimum absolute atomic E-state index is 0.146. The summed E-state index contributed by atoms with van der Waals surface area (Å²) in [6, 6.07) is 10.6. The summed E-state index contributed by atoms with van der Waals surface area (Å²) in [6.07, 6.45) is 4.83. The fourth-order valence-corrected chi connectivity index (χ4v) is 2.37. The summed E-state index contributed by atoms with van der Waals surface area (Å²) in [5.41, 5.74) is 3.57. The average Bonchev–Trinajstić information content (AvgIpc) is 2.51. The Morgan fingerprint density at radius 2 is 2.00 bits per heavy atom. The molecule has 112 valence electrons. The average molecular weight is 284 g/mol. The molecule has 1 N–H and O–H groups in total. The number of nitrogens with zero attached hydrogens (tertiary/aromatic N) is 1. The van der Waals surface area contributed by atoms with Crippen molar-refractivity contribution in [3.63, 3.8) is 0 Å². The predicted molar refractivity (Wildman–Crippen MR) is 86.7 cm³/mol. The summed E-state index contributed by atoms with van der Waals surface area (Å²) in [5.74, 6) is 0.929. The van der Waals surface area contributed by atoms with Crippen LogP contribution in [0.4, 0.5) is 0 Å². The van der Waals surface area contributed by atoms with E-state index in [0.717, 1.165) is 25.3 Å². The van der Waals surface area contributed by atoms with Gasteiger partial charge in [-0.05, 0) is 48.7 Å². The van der Waals surface area contributed by atoms with Crippen LogP contribution < -0.4 is 10.1 Å². The first-order chi connectivity index (χ1) is 10.2. The predicted octanol–water partition coefficient (Wildman–Crippen LogP) is 3.88. The van der Waals surface area contributed by atoms with Crippen molar-refractivity contribution in [3.05, 3.63) is 59.4 Å². The molecule has 0 aliphatic heterocycles. The Hall–Kier alpha value is -1.87. The van der Waals surface area contributed by atoms with Crippen molar-refractivity contribution in [1.82, 2.24) is 10.3 Å². The summed E-state index contributed by atoms with van der Waals surface area (Å²) in [6.45, 7) is 7.96. The highest BCUT2D eigenvalue weighted by Crippen LogP contribution is 2.25. The van der Waals surface area contributed by atoms with Crippen molar-refractivity contribution in [2.24, 2.45) is 0 Å². The highest BCUT2D eigenvalue weighted by molar-refractivity contribution is 5.36. The molecule has 3 heteroatoms. The van der Waals surface area contributed by atoms with Crippen LogP contribution in [0, 0.1) is 6.92 Å². The molecular weight excluding hydrogens is 260 g/mol. The van der Waals surface area contributed by atoms with E-state index in [1.165, 1.54) is 16.7 Å². The summed E-state index contributed by atoms with van der Waals surface area (Å²) in [4.78, 5) is 4.31. The van der Waals surface area contributed by atoms with Gasteiger partial charge in [0.05, 0.1) is 12.6 Å². The molecule has 2 aromatic rings. The van der Waals surface area contributed by atoms with Crippen LogP contribution >= 0.6 is 0 Å². The van der Waals surface area contributed by atoms with Crippen molar-refractivity contribution in [2.45, 2.75) is 33.2 Å². The first-order valence-corrected chi connectivity index (χ1v) is 7.62. The van der Waals surface area contributed by atoms with Crippen LogP contribution in [-0.4, -0.2) is 18.1 Å². The summed E-state index contributed by atoms with van der Waals surface area (Å²) < 4.78 is 5.74. The van der Waals surface area contributed by atoms with E-state index < -0.39 is 0 Å². The third-order valence-corrected chi connectivity index (χ3v) is 3.30. The van der Waals surface area contributed by atoms with E-state index in [4.69, 9.17) is 4.74 Å². The Labute approximate surface area is 127 Å². The fourth-order valence-electron chi connectivity index (χ4n) is 2.37. The van der Waals surface area contributed by atoms with Crippen molar-refractivity contribution in [3.8, 4) is 5.75 Å². The molecule has 3 nitrogen and oxygen atoms in total. The normalized spacial score (nSPS) is 12.1. The molecule has 1 aromatic carbocycles. The minimum Gasteiger partial charge on any atom is -0.494 e. The van der Waals surface area contributed by atoms with Gasteiger partial charge in [-0.3, -0.25) is 4.98 Å². The van der Waals surface area contributed by atoms with Gasteiger partial charge < -0.3 is 10.1 Å². The molecule has 0 fully saturated rings. The third kappa shape index (κ3) is 4.30. The van der Waals surface area contributed by atoms with Gasteiger partial charge in [-0.15, -0.1) is 0 Å². The van der Waals surface area contributed by atoms with E-state index in [9.17, 15) is 0 Å². The number of rotatable bonds is 7. The highest BCUT2D eigenvalue weighted by atomic mass is 16.5. The molecule has 0 bridgehead atoms. The first kappa shape index (κ1) is 15.5.